The number of carbonyl (C=O) groups excluding carboxylic acids is 1. The molecule has 1 aromatic heterocycles. The quantitative estimate of drug-likeness (QED) is 0.527. The number of hydrogen-bond acceptors (Lipinski definition) is 3. The van der Waals surface area contributed by atoms with Crippen molar-refractivity contribution in [2.45, 2.75) is 39.3 Å². The lowest BCUT2D eigenvalue weighted by atomic mass is 10.1. The number of H-pyrrole nitrogens is 2. The number of nitrogens with one attached hydrogen (secondary N) is 4. The van der Waals surface area contributed by atoms with Gasteiger partial charge < -0.3 is 20.6 Å². The number of hydrogen-bond donors (Lipinski definition) is 4. The molecule has 136 valence electrons. The number of aromatic amines is 2. The van der Waals surface area contributed by atoms with Crippen molar-refractivity contribution in [3.63, 3.8) is 0 Å². The average molecular weight is 352 g/mol. The summed E-state index contributed by atoms with van der Waals surface area (Å²) < 4.78 is 0. The van der Waals surface area contributed by atoms with E-state index < -0.39 is 0 Å². The van der Waals surface area contributed by atoms with Gasteiger partial charge in [-0.3, -0.25) is 4.79 Å². The van der Waals surface area contributed by atoms with Crippen molar-refractivity contribution in [3.05, 3.63) is 64.1 Å². The Balaban J connectivity index is 1.53. The number of rotatable bonds is 7. The molecule has 0 saturated heterocycles. The highest BCUT2D eigenvalue weighted by molar-refractivity contribution is 5.91. The minimum absolute atomic E-state index is 0.00341. The third-order valence-corrected chi connectivity index (χ3v) is 4.40. The molecule has 1 heterocycles. The second-order valence-corrected chi connectivity index (χ2v) is 6.50. The first-order chi connectivity index (χ1) is 12.5. The van der Waals surface area contributed by atoms with Gasteiger partial charge in [-0.05, 0) is 42.7 Å². The fourth-order valence-corrected chi connectivity index (χ4v) is 2.98. The van der Waals surface area contributed by atoms with E-state index in [0.717, 1.165) is 34.3 Å². The van der Waals surface area contributed by atoms with Gasteiger partial charge in [0.15, 0.2) is 0 Å². The summed E-state index contributed by atoms with van der Waals surface area (Å²) in [7, 11) is 0. The lowest BCUT2D eigenvalue weighted by Gasteiger charge is -2.15. The van der Waals surface area contributed by atoms with E-state index in [1.807, 2.05) is 49.4 Å². The molecule has 0 bridgehead atoms. The second kappa shape index (κ2) is 8.01. The first-order valence-electron chi connectivity index (χ1n) is 8.87. The number of imidazole rings is 1. The third-order valence-electron chi connectivity index (χ3n) is 4.40. The van der Waals surface area contributed by atoms with Gasteiger partial charge in [0.1, 0.15) is 0 Å². The molecule has 3 rings (SSSR count). The van der Waals surface area contributed by atoms with Crippen LogP contribution in [0.2, 0.25) is 0 Å². The van der Waals surface area contributed by atoms with Crippen LogP contribution in [0, 0.1) is 0 Å². The van der Waals surface area contributed by atoms with Gasteiger partial charge >= 0.3 is 5.69 Å². The average Bonchev–Trinajstić information content (AvgIpc) is 2.99. The standard InChI is InChI=1S/C20H24N4O2/c1-3-15-6-4-5-7-16(15)22-19(25)10-13(2)21-12-14-8-9-17-18(11-14)24-20(26)23-17/h4-9,11,13,21H,3,10,12H2,1-2H3,(H,22,25)(H2,23,24,26)/t13-/m0/s1. The molecule has 1 atom stereocenters. The number of fused-ring (bicyclic) bond motifs is 1. The Hall–Kier alpha value is -2.86. The maximum atomic E-state index is 12.3. The van der Waals surface area contributed by atoms with Crippen LogP contribution in [0.25, 0.3) is 11.0 Å². The number of anilines is 1. The predicted molar refractivity (Wildman–Crippen MR) is 104 cm³/mol. The van der Waals surface area contributed by atoms with E-state index in [2.05, 4.69) is 27.5 Å². The van der Waals surface area contributed by atoms with Gasteiger partial charge in [0, 0.05) is 24.7 Å². The van der Waals surface area contributed by atoms with Crippen molar-refractivity contribution in [2.75, 3.05) is 5.32 Å². The first-order valence-corrected chi connectivity index (χ1v) is 8.87. The molecular formula is C20H24N4O2. The summed E-state index contributed by atoms with van der Waals surface area (Å²) in [5, 5.41) is 6.35. The van der Waals surface area contributed by atoms with Gasteiger partial charge in [-0.2, -0.15) is 0 Å². The van der Waals surface area contributed by atoms with E-state index in [4.69, 9.17) is 0 Å². The van der Waals surface area contributed by atoms with Gasteiger partial charge in [-0.1, -0.05) is 31.2 Å². The van der Waals surface area contributed by atoms with E-state index in [0.29, 0.717) is 13.0 Å². The summed E-state index contributed by atoms with van der Waals surface area (Å²) >= 11 is 0. The molecule has 0 fully saturated rings. The lowest BCUT2D eigenvalue weighted by molar-refractivity contribution is -0.116. The minimum Gasteiger partial charge on any atom is -0.326 e. The second-order valence-electron chi connectivity index (χ2n) is 6.50. The van der Waals surface area contributed by atoms with Gasteiger partial charge in [-0.25, -0.2) is 4.79 Å². The van der Waals surface area contributed by atoms with Crippen LogP contribution >= 0.6 is 0 Å². The highest BCUT2D eigenvalue weighted by atomic mass is 16.1. The van der Waals surface area contributed by atoms with Crippen LogP contribution in [0.1, 0.15) is 31.4 Å². The smallest absolute Gasteiger partial charge is 0.323 e. The number of carbonyl (C=O) groups is 1. The van der Waals surface area contributed by atoms with E-state index >= 15 is 0 Å². The Kier molecular flexibility index (Phi) is 5.53. The molecule has 0 aliphatic heterocycles. The monoisotopic (exact) mass is 352 g/mol. The maximum Gasteiger partial charge on any atom is 0.323 e. The largest absolute Gasteiger partial charge is 0.326 e. The summed E-state index contributed by atoms with van der Waals surface area (Å²) in [6, 6.07) is 13.7. The summed E-state index contributed by atoms with van der Waals surface area (Å²) in [6.45, 7) is 4.69. The Bertz CT molecular complexity index is 958. The maximum absolute atomic E-state index is 12.3. The van der Waals surface area contributed by atoms with E-state index in [-0.39, 0.29) is 17.6 Å². The number of aromatic nitrogens is 2. The SMILES string of the molecule is CCc1ccccc1NC(=O)C[C@H](C)NCc1ccc2[nH]c(=O)[nH]c2c1. The topological polar surface area (TPSA) is 89.8 Å². The fraction of sp³-hybridized carbons (Fsp3) is 0.300. The van der Waals surface area contributed by atoms with Crippen LogP contribution < -0.4 is 16.3 Å². The molecule has 0 spiro atoms. The summed E-state index contributed by atoms with van der Waals surface area (Å²) in [6.07, 6.45) is 1.27. The Labute approximate surface area is 152 Å². The van der Waals surface area contributed by atoms with Crippen molar-refractivity contribution in [3.8, 4) is 0 Å². The molecule has 1 amide bonds. The molecular weight excluding hydrogens is 328 g/mol. The highest BCUT2D eigenvalue weighted by Crippen LogP contribution is 2.16. The van der Waals surface area contributed by atoms with Crippen molar-refractivity contribution in [1.82, 2.24) is 15.3 Å². The van der Waals surface area contributed by atoms with Gasteiger partial charge in [0.05, 0.1) is 11.0 Å². The highest BCUT2D eigenvalue weighted by Gasteiger charge is 2.11. The summed E-state index contributed by atoms with van der Waals surface area (Å²) in [4.78, 5) is 29.1. The molecule has 6 nitrogen and oxygen atoms in total. The van der Waals surface area contributed by atoms with Gasteiger partial charge in [0.2, 0.25) is 5.91 Å². The van der Waals surface area contributed by atoms with Crippen LogP contribution in [0.4, 0.5) is 5.69 Å². The zero-order valence-electron chi connectivity index (χ0n) is 15.1. The van der Waals surface area contributed by atoms with E-state index in [1.165, 1.54) is 0 Å². The van der Waals surface area contributed by atoms with Gasteiger partial charge in [-0.15, -0.1) is 0 Å². The van der Waals surface area contributed by atoms with E-state index in [1.54, 1.807) is 0 Å². The Morgan fingerprint density at radius 3 is 2.69 bits per heavy atom. The zero-order valence-corrected chi connectivity index (χ0v) is 15.1. The number of benzene rings is 2. The summed E-state index contributed by atoms with van der Waals surface area (Å²) in [5.74, 6) is -0.00341. The van der Waals surface area contributed by atoms with Crippen LogP contribution in [0.3, 0.4) is 0 Å². The van der Waals surface area contributed by atoms with Crippen molar-refractivity contribution >= 4 is 22.6 Å². The minimum atomic E-state index is -0.206. The fourth-order valence-electron chi connectivity index (χ4n) is 2.98. The number of amides is 1. The molecule has 0 radical (unpaired) electrons. The molecule has 0 saturated carbocycles. The van der Waals surface area contributed by atoms with Crippen LogP contribution in [0.5, 0.6) is 0 Å². The first kappa shape index (κ1) is 17.9. The molecule has 4 N–H and O–H groups in total. The van der Waals surface area contributed by atoms with Crippen molar-refractivity contribution in [1.29, 1.82) is 0 Å². The van der Waals surface area contributed by atoms with E-state index in [9.17, 15) is 9.59 Å². The molecule has 2 aromatic carbocycles. The Morgan fingerprint density at radius 1 is 1.12 bits per heavy atom. The van der Waals surface area contributed by atoms with Crippen LogP contribution in [-0.2, 0) is 17.8 Å². The molecule has 0 unspecified atom stereocenters. The zero-order chi connectivity index (χ0) is 18.5. The molecule has 0 aliphatic rings. The molecule has 26 heavy (non-hydrogen) atoms. The third kappa shape index (κ3) is 4.40. The normalized spacial score (nSPS) is 12.2. The summed E-state index contributed by atoms with van der Waals surface area (Å²) in [5.41, 5.74) is 4.44. The Morgan fingerprint density at radius 2 is 1.88 bits per heavy atom. The number of aryl methyl sites for hydroxylation is 1. The lowest BCUT2D eigenvalue weighted by Crippen LogP contribution is -2.30. The predicted octanol–water partition coefficient (Wildman–Crippen LogP) is 2.93. The number of para-hydroxylation sites is 1. The molecule has 6 heteroatoms. The van der Waals surface area contributed by atoms with Crippen molar-refractivity contribution < 1.29 is 4.79 Å². The van der Waals surface area contributed by atoms with Gasteiger partial charge in [0.25, 0.3) is 0 Å². The van der Waals surface area contributed by atoms with Crippen LogP contribution in [0.15, 0.2) is 47.3 Å². The van der Waals surface area contributed by atoms with Crippen molar-refractivity contribution in [2.24, 2.45) is 0 Å². The molecule has 3 aromatic rings. The van der Waals surface area contributed by atoms with Crippen LogP contribution in [-0.4, -0.2) is 21.9 Å². The molecule has 0 aliphatic carbocycles.